The molecule has 0 aliphatic rings. The molecule has 0 aliphatic heterocycles. The fraction of sp³-hybridized carbons (Fsp3) is 0.348. The molecule has 0 fully saturated rings. The number of aliphatic carboxylic acids is 2. The van der Waals surface area contributed by atoms with Crippen LogP contribution in [0.4, 0.5) is 5.82 Å². The van der Waals surface area contributed by atoms with Crippen molar-refractivity contribution in [1.29, 1.82) is 0 Å². The van der Waals surface area contributed by atoms with E-state index in [0.717, 1.165) is 31.9 Å². The number of anilines is 1. The number of pyridine rings is 2. The van der Waals surface area contributed by atoms with E-state index in [9.17, 15) is 9.59 Å². The molecule has 0 aliphatic carbocycles. The summed E-state index contributed by atoms with van der Waals surface area (Å²) in [5.74, 6) is -1.34. The smallest absolute Gasteiger partial charge is 0.330 e. The van der Waals surface area contributed by atoms with Crippen molar-refractivity contribution in [2.75, 3.05) is 12.3 Å². The van der Waals surface area contributed by atoms with Crippen molar-refractivity contribution in [2.24, 2.45) is 0 Å². The Morgan fingerprint density at radius 1 is 1.06 bits per heavy atom. The number of carboxylic acid groups (broad SMARTS) is 2. The maximum absolute atomic E-state index is 10.3. The van der Waals surface area contributed by atoms with Crippen LogP contribution in [-0.2, 0) is 25.5 Å². The van der Waals surface area contributed by atoms with E-state index in [1.165, 1.54) is 6.08 Å². The largest absolute Gasteiger partial charge is 0.481 e. The summed E-state index contributed by atoms with van der Waals surface area (Å²) in [6.07, 6.45) is 8.15. The summed E-state index contributed by atoms with van der Waals surface area (Å²) in [5, 5.41) is 15.8. The fourth-order valence-corrected chi connectivity index (χ4v) is 1.72. The lowest BCUT2D eigenvalue weighted by atomic mass is 10.2. The zero-order chi connectivity index (χ0) is 24.6. The molecule has 0 amide bonds. The van der Waals surface area contributed by atoms with Crippen LogP contribution in [0.3, 0.4) is 0 Å². The maximum Gasteiger partial charge on any atom is 0.330 e. The topological polar surface area (TPSA) is 153 Å². The number of carbonyl (C=O) groups is 3. The van der Waals surface area contributed by atoms with Crippen molar-refractivity contribution in [2.45, 2.75) is 46.0 Å². The number of nitrogen functional groups attached to an aromatic ring is 1. The number of aryl methyl sites for hydroxylation is 1. The zero-order valence-electron chi connectivity index (χ0n) is 18.6. The number of hydrogen-bond acceptors (Lipinski definition) is 7. The Kier molecular flexibility index (Phi) is 20.9. The van der Waals surface area contributed by atoms with Gasteiger partial charge in [0.15, 0.2) is 0 Å². The molecule has 9 nitrogen and oxygen atoms in total. The molecule has 176 valence electrons. The summed E-state index contributed by atoms with van der Waals surface area (Å²) in [4.78, 5) is 37.4. The van der Waals surface area contributed by atoms with Gasteiger partial charge in [0.2, 0.25) is 0 Å². The number of esters is 1. The molecular weight excluding hydrogens is 414 g/mol. The monoisotopic (exact) mass is 447 g/mol. The van der Waals surface area contributed by atoms with Crippen molar-refractivity contribution in [3.63, 3.8) is 0 Å². The molecule has 2 aromatic rings. The minimum Gasteiger partial charge on any atom is -0.481 e. The van der Waals surface area contributed by atoms with Gasteiger partial charge in [-0.2, -0.15) is 0 Å². The lowest BCUT2D eigenvalue weighted by Gasteiger charge is -1.97. The van der Waals surface area contributed by atoms with Gasteiger partial charge >= 0.3 is 11.9 Å². The first-order valence-corrected chi connectivity index (χ1v) is 9.99. The average Bonchev–Trinajstić information content (AvgIpc) is 2.75. The number of nitrogens with zero attached hydrogens (tertiary/aromatic N) is 2. The van der Waals surface area contributed by atoms with Gasteiger partial charge in [-0.05, 0) is 43.5 Å². The van der Waals surface area contributed by atoms with Crippen LogP contribution in [0.2, 0.25) is 0 Å². The summed E-state index contributed by atoms with van der Waals surface area (Å²) in [7, 11) is 0. The summed E-state index contributed by atoms with van der Waals surface area (Å²) in [5.41, 5.74) is 6.20. The van der Waals surface area contributed by atoms with Gasteiger partial charge in [0.05, 0.1) is 6.61 Å². The molecule has 0 atom stereocenters. The highest BCUT2D eigenvalue weighted by atomic mass is 16.5. The van der Waals surface area contributed by atoms with E-state index in [1.54, 1.807) is 18.5 Å². The number of aromatic nitrogens is 2. The van der Waals surface area contributed by atoms with Crippen molar-refractivity contribution in [3.8, 4) is 0 Å². The Labute approximate surface area is 189 Å². The van der Waals surface area contributed by atoms with Crippen LogP contribution in [-0.4, -0.2) is 44.7 Å². The standard InChI is InChI=1S/C9H11NO2.C7H12O2.C5H6N2.C2H4O2/c11-9(12)6-3-5-8-4-1-2-7-10-8;1-3-5-6-9-7(8)4-2;6-5-3-1-2-4-7-5;1-2(3)4/h1-2,4,7H,3,5-6H2,(H,11,12);4H,2-3,5-6H2,1H3;1-4H,(H2,6,7);1H3,(H,3,4). The number of nitrogens with two attached hydrogens (primary N) is 1. The van der Waals surface area contributed by atoms with Gasteiger partial charge in [-0.3, -0.25) is 14.6 Å². The molecule has 0 spiro atoms. The second-order valence-corrected chi connectivity index (χ2v) is 6.07. The Bertz CT molecular complexity index is 751. The summed E-state index contributed by atoms with van der Waals surface area (Å²) < 4.78 is 4.67. The van der Waals surface area contributed by atoms with E-state index in [1.807, 2.05) is 37.3 Å². The number of rotatable bonds is 8. The average molecular weight is 448 g/mol. The number of carboxylic acids is 2. The minimum absolute atomic E-state index is 0.219. The van der Waals surface area contributed by atoms with Crippen LogP contribution >= 0.6 is 0 Å². The van der Waals surface area contributed by atoms with Crippen molar-refractivity contribution < 1.29 is 29.3 Å². The molecule has 0 aromatic carbocycles. The molecular formula is C23H33N3O6. The highest BCUT2D eigenvalue weighted by molar-refractivity contribution is 5.81. The molecule has 0 saturated heterocycles. The predicted octanol–water partition coefficient (Wildman–Crippen LogP) is 3.76. The normalized spacial score (nSPS) is 8.69. The molecule has 2 aromatic heterocycles. The van der Waals surface area contributed by atoms with Gasteiger partial charge < -0.3 is 20.7 Å². The SMILES string of the molecule is C=CC(=O)OCCCC.CC(=O)O.Nc1ccccn1.O=C(O)CCCc1ccccn1. The third kappa shape index (κ3) is 26.2. The van der Waals surface area contributed by atoms with Crippen LogP contribution < -0.4 is 5.73 Å². The summed E-state index contributed by atoms with van der Waals surface area (Å²) >= 11 is 0. The van der Waals surface area contributed by atoms with Crippen molar-refractivity contribution in [3.05, 3.63) is 67.1 Å². The van der Waals surface area contributed by atoms with Gasteiger partial charge in [-0.15, -0.1) is 0 Å². The number of hydrogen-bond donors (Lipinski definition) is 3. The second kappa shape index (κ2) is 21.9. The van der Waals surface area contributed by atoms with E-state index in [4.69, 9.17) is 20.7 Å². The molecule has 0 radical (unpaired) electrons. The van der Waals surface area contributed by atoms with Crippen LogP contribution in [0.25, 0.3) is 0 Å². The third-order valence-corrected chi connectivity index (χ3v) is 3.15. The van der Waals surface area contributed by atoms with Crippen molar-refractivity contribution >= 4 is 23.7 Å². The van der Waals surface area contributed by atoms with E-state index in [2.05, 4.69) is 21.3 Å². The Morgan fingerprint density at radius 2 is 1.66 bits per heavy atom. The maximum atomic E-state index is 10.3. The lowest BCUT2D eigenvalue weighted by Crippen LogP contribution is -2.00. The zero-order valence-corrected chi connectivity index (χ0v) is 18.6. The highest BCUT2D eigenvalue weighted by Crippen LogP contribution is 2.00. The Hall–Kier alpha value is -3.75. The molecule has 0 bridgehead atoms. The van der Waals surface area contributed by atoms with Gasteiger partial charge in [0, 0.05) is 37.5 Å². The van der Waals surface area contributed by atoms with Crippen LogP contribution in [0.5, 0.6) is 0 Å². The lowest BCUT2D eigenvalue weighted by molar-refractivity contribution is -0.138. The van der Waals surface area contributed by atoms with Gasteiger partial charge in [0.1, 0.15) is 5.82 Å². The highest BCUT2D eigenvalue weighted by Gasteiger charge is 1.97. The Morgan fingerprint density at radius 3 is 2.03 bits per heavy atom. The quantitative estimate of drug-likeness (QED) is 0.312. The fourth-order valence-electron chi connectivity index (χ4n) is 1.72. The number of carbonyl (C=O) groups excluding carboxylic acids is 1. The molecule has 9 heteroatoms. The first-order valence-electron chi connectivity index (χ1n) is 9.99. The predicted molar refractivity (Wildman–Crippen MR) is 123 cm³/mol. The van der Waals surface area contributed by atoms with Crippen LogP contribution in [0.1, 0.15) is 45.2 Å². The molecule has 0 unspecified atom stereocenters. The van der Waals surface area contributed by atoms with Crippen LogP contribution in [0, 0.1) is 0 Å². The van der Waals surface area contributed by atoms with Gasteiger partial charge in [-0.25, -0.2) is 9.78 Å². The molecule has 0 saturated carbocycles. The summed E-state index contributed by atoms with van der Waals surface area (Å²) in [6.45, 7) is 6.91. The molecule has 2 rings (SSSR count). The van der Waals surface area contributed by atoms with Gasteiger partial charge in [0.25, 0.3) is 5.97 Å². The molecule has 4 N–H and O–H groups in total. The van der Waals surface area contributed by atoms with Crippen LogP contribution in [0.15, 0.2) is 61.4 Å². The first kappa shape index (κ1) is 30.4. The van der Waals surface area contributed by atoms with E-state index >= 15 is 0 Å². The van der Waals surface area contributed by atoms with E-state index < -0.39 is 11.9 Å². The number of ether oxygens (including phenoxy) is 1. The van der Waals surface area contributed by atoms with E-state index in [-0.39, 0.29) is 12.4 Å². The number of unbranched alkanes of at least 4 members (excludes halogenated alkanes) is 1. The summed E-state index contributed by atoms with van der Waals surface area (Å²) in [6, 6.07) is 11.1. The van der Waals surface area contributed by atoms with Gasteiger partial charge in [-0.1, -0.05) is 32.1 Å². The molecule has 2 heterocycles. The second-order valence-electron chi connectivity index (χ2n) is 6.07. The first-order chi connectivity index (χ1) is 15.2. The Balaban J connectivity index is 0. The van der Waals surface area contributed by atoms with E-state index in [0.29, 0.717) is 18.8 Å². The molecule has 32 heavy (non-hydrogen) atoms. The minimum atomic E-state index is -0.833. The third-order valence-electron chi connectivity index (χ3n) is 3.15. The van der Waals surface area contributed by atoms with Crippen molar-refractivity contribution in [1.82, 2.24) is 9.97 Å².